The SMILES string of the molecule is CCCC(=O)OC1[C@H]2OC(C)(C)O[C@H]2C(OC(=O)CCC)[C@@H]2OC(C)(C)O[C@@H]12. The van der Waals surface area contributed by atoms with Crippen molar-refractivity contribution >= 4 is 11.9 Å². The fourth-order valence-electron chi connectivity index (χ4n) is 4.12. The number of hydrogen-bond acceptors (Lipinski definition) is 8. The van der Waals surface area contributed by atoms with Gasteiger partial charge in [0.15, 0.2) is 23.8 Å². The Hall–Kier alpha value is -1.22. The third kappa shape index (κ3) is 4.35. The Balaban J connectivity index is 1.91. The van der Waals surface area contributed by atoms with Gasteiger partial charge in [-0.3, -0.25) is 9.59 Å². The zero-order chi connectivity index (χ0) is 20.7. The predicted octanol–water partition coefficient (Wildman–Crippen LogP) is 2.46. The summed E-state index contributed by atoms with van der Waals surface area (Å²) in [4.78, 5) is 24.5. The standard InChI is InChI=1S/C20H32O8/c1-7-9-11(21)23-13-15-17(27-19(3,4)25-15)14(24-12(22)10-8-2)18-16(13)26-20(5,6)28-18/h13-18H,7-10H2,1-6H3/t13?,14?,15-,16-,17-,18+/m0/s1. The van der Waals surface area contributed by atoms with E-state index in [4.69, 9.17) is 28.4 Å². The van der Waals surface area contributed by atoms with Crippen LogP contribution in [0.4, 0.5) is 0 Å². The normalized spacial score (nSPS) is 37.8. The number of carbonyl (C=O) groups excluding carboxylic acids is 2. The highest BCUT2D eigenvalue weighted by atomic mass is 16.8. The van der Waals surface area contributed by atoms with E-state index < -0.39 is 48.2 Å². The Bertz CT molecular complexity index is 521. The molecule has 0 N–H and O–H groups in total. The van der Waals surface area contributed by atoms with Crippen LogP contribution in [-0.2, 0) is 38.0 Å². The first-order valence-electron chi connectivity index (χ1n) is 10.2. The molecule has 3 fully saturated rings. The molecule has 0 aromatic rings. The molecule has 1 aliphatic carbocycles. The second kappa shape index (κ2) is 7.89. The molecule has 28 heavy (non-hydrogen) atoms. The molecule has 2 unspecified atom stereocenters. The maximum atomic E-state index is 12.3. The van der Waals surface area contributed by atoms with Gasteiger partial charge in [0.2, 0.25) is 0 Å². The minimum absolute atomic E-state index is 0.300. The van der Waals surface area contributed by atoms with Gasteiger partial charge in [0, 0.05) is 12.8 Å². The van der Waals surface area contributed by atoms with Crippen LogP contribution in [0.1, 0.15) is 67.2 Å². The average Bonchev–Trinajstić information content (AvgIpc) is 3.06. The van der Waals surface area contributed by atoms with Gasteiger partial charge in [-0.2, -0.15) is 0 Å². The van der Waals surface area contributed by atoms with Crippen LogP contribution in [0.3, 0.4) is 0 Å². The summed E-state index contributed by atoms with van der Waals surface area (Å²) in [5.74, 6) is -2.47. The smallest absolute Gasteiger partial charge is 0.306 e. The second-order valence-electron chi connectivity index (χ2n) is 8.54. The Morgan fingerprint density at radius 2 is 0.964 bits per heavy atom. The van der Waals surface area contributed by atoms with Crippen LogP contribution < -0.4 is 0 Å². The molecule has 8 heteroatoms. The lowest BCUT2D eigenvalue weighted by Gasteiger charge is -2.41. The van der Waals surface area contributed by atoms with Gasteiger partial charge in [0.05, 0.1) is 0 Å². The summed E-state index contributed by atoms with van der Waals surface area (Å²) in [6.45, 7) is 10.9. The number of esters is 2. The minimum Gasteiger partial charge on any atom is -0.457 e. The zero-order valence-electron chi connectivity index (χ0n) is 17.6. The molecule has 3 aliphatic rings. The molecule has 6 atom stereocenters. The van der Waals surface area contributed by atoms with Crippen molar-refractivity contribution in [1.29, 1.82) is 0 Å². The van der Waals surface area contributed by atoms with Gasteiger partial charge in [-0.15, -0.1) is 0 Å². The fourth-order valence-corrected chi connectivity index (χ4v) is 4.12. The van der Waals surface area contributed by atoms with Crippen molar-refractivity contribution in [3.8, 4) is 0 Å². The summed E-state index contributed by atoms with van der Waals surface area (Å²) < 4.78 is 35.8. The Morgan fingerprint density at radius 1 is 0.679 bits per heavy atom. The van der Waals surface area contributed by atoms with Crippen molar-refractivity contribution in [2.75, 3.05) is 0 Å². The van der Waals surface area contributed by atoms with Crippen molar-refractivity contribution in [1.82, 2.24) is 0 Å². The molecular weight excluding hydrogens is 368 g/mol. The lowest BCUT2D eigenvalue weighted by molar-refractivity contribution is -0.198. The molecule has 0 radical (unpaired) electrons. The summed E-state index contributed by atoms with van der Waals surface area (Å²) >= 11 is 0. The Morgan fingerprint density at radius 3 is 1.21 bits per heavy atom. The maximum Gasteiger partial charge on any atom is 0.306 e. The predicted molar refractivity (Wildman–Crippen MR) is 97.2 cm³/mol. The molecule has 0 aromatic carbocycles. The number of fused-ring (bicyclic) bond motifs is 2. The molecule has 160 valence electrons. The summed E-state index contributed by atoms with van der Waals surface area (Å²) in [6, 6.07) is 0. The van der Waals surface area contributed by atoms with E-state index in [0.717, 1.165) is 0 Å². The quantitative estimate of drug-likeness (QED) is 0.628. The van der Waals surface area contributed by atoms with E-state index in [2.05, 4.69) is 0 Å². The van der Waals surface area contributed by atoms with E-state index >= 15 is 0 Å². The molecule has 0 amide bonds. The molecule has 0 spiro atoms. The molecule has 1 saturated carbocycles. The summed E-state index contributed by atoms with van der Waals surface area (Å²) in [5, 5.41) is 0. The average molecular weight is 400 g/mol. The molecule has 8 nitrogen and oxygen atoms in total. The van der Waals surface area contributed by atoms with Crippen LogP contribution in [0.5, 0.6) is 0 Å². The molecular formula is C20H32O8. The van der Waals surface area contributed by atoms with E-state index in [1.165, 1.54) is 0 Å². The topological polar surface area (TPSA) is 89.5 Å². The second-order valence-corrected chi connectivity index (χ2v) is 8.54. The third-order valence-corrected chi connectivity index (χ3v) is 5.07. The molecule has 2 aliphatic heterocycles. The van der Waals surface area contributed by atoms with Gasteiger partial charge < -0.3 is 28.4 Å². The summed E-state index contributed by atoms with van der Waals surface area (Å²) in [5.41, 5.74) is 0. The van der Waals surface area contributed by atoms with Crippen LogP contribution in [0.2, 0.25) is 0 Å². The molecule has 2 saturated heterocycles. The van der Waals surface area contributed by atoms with Crippen LogP contribution >= 0.6 is 0 Å². The Labute approximate surface area is 166 Å². The van der Waals surface area contributed by atoms with E-state index in [1.807, 2.05) is 13.8 Å². The zero-order valence-corrected chi connectivity index (χ0v) is 17.6. The van der Waals surface area contributed by atoms with Crippen LogP contribution in [0, 0.1) is 0 Å². The van der Waals surface area contributed by atoms with Gasteiger partial charge in [0.1, 0.15) is 24.4 Å². The van der Waals surface area contributed by atoms with Crippen molar-refractivity contribution < 1.29 is 38.0 Å². The van der Waals surface area contributed by atoms with Crippen molar-refractivity contribution in [2.24, 2.45) is 0 Å². The highest BCUT2D eigenvalue weighted by Crippen LogP contribution is 2.46. The van der Waals surface area contributed by atoms with E-state index in [-0.39, 0.29) is 11.9 Å². The number of hydrogen-bond donors (Lipinski definition) is 0. The molecule has 0 bridgehead atoms. The van der Waals surface area contributed by atoms with E-state index in [9.17, 15) is 9.59 Å². The van der Waals surface area contributed by atoms with Gasteiger partial charge in [-0.1, -0.05) is 13.8 Å². The van der Waals surface area contributed by atoms with E-state index in [0.29, 0.717) is 25.7 Å². The lowest BCUT2D eigenvalue weighted by atomic mass is 9.84. The first kappa shape index (κ1) is 21.5. The summed E-state index contributed by atoms with van der Waals surface area (Å²) in [6.07, 6.45) is -1.93. The molecule has 2 heterocycles. The summed E-state index contributed by atoms with van der Waals surface area (Å²) in [7, 11) is 0. The van der Waals surface area contributed by atoms with E-state index in [1.54, 1.807) is 27.7 Å². The highest BCUT2D eigenvalue weighted by Gasteiger charge is 2.65. The monoisotopic (exact) mass is 400 g/mol. The Kier molecular flexibility index (Phi) is 6.06. The van der Waals surface area contributed by atoms with Gasteiger partial charge in [-0.25, -0.2) is 0 Å². The highest BCUT2D eigenvalue weighted by molar-refractivity contribution is 5.70. The van der Waals surface area contributed by atoms with Crippen LogP contribution in [-0.4, -0.2) is 60.1 Å². The van der Waals surface area contributed by atoms with Crippen molar-refractivity contribution in [3.05, 3.63) is 0 Å². The molecule has 3 rings (SSSR count). The van der Waals surface area contributed by atoms with Crippen molar-refractivity contribution in [2.45, 2.75) is 115 Å². The number of rotatable bonds is 6. The first-order valence-corrected chi connectivity index (χ1v) is 10.2. The first-order chi connectivity index (χ1) is 13.1. The maximum absolute atomic E-state index is 12.3. The largest absolute Gasteiger partial charge is 0.457 e. The fraction of sp³-hybridized carbons (Fsp3) is 0.900. The van der Waals surface area contributed by atoms with Crippen LogP contribution in [0.15, 0.2) is 0 Å². The van der Waals surface area contributed by atoms with Gasteiger partial charge in [-0.05, 0) is 40.5 Å². The van der Waals surface area contributed by atoms with Gasteiger partial charge >= 0.3 is 11.9 Å². The number of ether oxygens (including phenoxy) is 6. The van der Waals surface area contributed by atoms with Crippen molar-refractivity contribution in [3.63, 3.8) is 0 Å². The third-order valence-electron chi connectivity index (χ3n) is 5.07. The minimum atomic E-state index is -0.908. The molecule has 0 aromatic heterocycles. The van der Waals surface area contributed by atoms with Gasteiger partial charge in [0.25, 0.3) is 0 Å². The van der Waals surface area contributed by atoms with Crippen LogP contribution in [0.25, 0.3) is 0 Å². The lowest BCUT2D eigenvalue weighted by Crippen LogP contribution is -2.63. The number of carbonyl (C=O) groups is 2.